The molecule has 0 bridgehead atoms. The monoisotopic (exact) mass is 309 g/mol. The van der Waals surface area contributed by atoms with Crippen molar-refractivity contribution in [2.75, 3.05) is 23.9 Å². The molecule has 5 nitrogen and oxygen atoms in total. The maximum Gasteiger partial charge on any atom is 0.241 e. The fraction of sp³-hybridized carbons (Fsp3) is 0.462. The first kappa shape index (κ1) is 13.9. The van der Waals surface area contributed by atoms with Gasteiger partial charge in [0.25, 0.3) is 0 Å². The van der Waals surface area contributed by atoms with E-state index in [0.717, 1.165) is 18.2 Å². The van der Waals surface area contributed by atoms with Crippen LogP contribution in [0.2, 0.25) is 0 Å². The van der Waals surface area contributed by atoms with E-state index in [1.165, 1.54) is 11.8 Å². The summed E-state index contributed by atoms with van der Waals surface area (Å²) in [6.07, 6.45) is 3.22. The van der Waals surface area contributed by atoms with E-state index in [2.05, 4.69) is 10.3 Å². The third kappa shape index (κ3) is 2.84. The van der Waals surface area contributed by atoms with Gasteiger partial charge in [0, 0.05) is 36.0 Å². The van der Waals surface area contributed by atoms with Crippen LogP contribution in [0.25, 0.3) is 0 Å². The fourth-order valence-corrected chi connectivity index (χ4v) is 4.37. The van der Waals surface area contributed by atoms with Gasteiger partial charge in [0.05, 0.1) is 11.9 Å². The number of amides is 1. The van der Waals surface area contributed by atoms with Crippen LogP contribution in [0.1, 0.15) is 10.4 Å². The molecule has 2 fully saturated rings. The molecule has 2 saturated heterocycles. The second-order valence-corrected chi connectivity index (χ2v) is 6.88. The van der Waals surface area contributed by atoms with Crippen molar-refractivity contribution < 1.29 is 9.59 Å². The normalized spacial score (nSPS) is 25.9. The average Bonchev–Trinajstić information content (AvgIpc) is 3.18. The number of hydrogen-bond acceptors (Lipinski definition) is 6. The molecule has 0 aliphatic carbocycles. The first-order valence-electron chi connectivity index (χ1n) is 6.44. The van der Waals surface area contributed by atoms with Gasteiger partial charge in [0.1, 0.15) is 5.37 Å². The van der Waals surface area contributed by atoms with Gasteiger partial charge in [-0.1, -0.05) is 0 Å². The summed E-state index contributed by atoms with van der Waals surface area (Å²) in [6.45, 7) is 0.815. The van der Waals surface area contributed by atoms with Crippen molar-refractivity contribution in [3.8, 4) is 0 Å². The van der Waals surface area contributed by atoms with Crippen molar-refractivity contribution in [1.29, 1.82) is 0 Å². The number of nitrogens with zero attached hydrogens (tertiary/aromatic N) is 2. The number of pyridine rings is 1. The summed E-state index contributed by atoms with van der Waals surface area (Å²) >= 11 is 3.28. The number of ketones is 1. The average molecular weight is 309 g/mol. The van der Waals surface area contributed by atoms with E-state index in [1.54, 1.807) is 36.3 Å². The molecule has 1 aromatic heterocycles. The van der Waals surface area contributed by atoms with Gasteiger partial charge in [-0.3, -0.25) is 19.9 Å². The zero-order chi connectivity index (χ0) is 13.9. The number of Topliss-reactive ketones (excluding diaryl/α,β-unsaturated/α-hetero) is 1. The van der Waals surface area contributed by atoms with Crippen molar-refractivity contribution in [2.24, 2.45) is 0 Å². The van der Waals surface area contributed by atoms with Crippen LogP contribution in [0.15, 0.2) is 24.5 Å². The zero-order valence-electron chi connectivity index (χ0n) is 10.8. The molecule has 2 aliphatic heterocycles. The molecular formula is C13H15N3O2S2. The zero-order valence-corrected chi connectivity index (χ0v) is 12.5. The minimum Gasteiger partial charge on any atom is -0.331 e. The summed E-state index contributed by atoms with van der Waals surface area (Å²) in [7, 11) is 0. The van der Waals surface area contributed by atoms with E-state index in [-0.39, 0.29) is 23.1 Å². The largest absolute Gasteiger partial charge is 0.331 e. The standard InChI is InChI=1S/C13H15N3O2S2/c17-11(9-1-3-14-4-2-9)12-15-10(7-20-12)13(18)16-5-6-19-8-16/h1-4,10,12,15H,5-8H2. The van der Waals surface area contributed by atoms with Crippen molar-refractivity contribution in [3.63, 3.8) is 0 Å². The molecule has 1 aromatic rings. The Morgan fingerprint density at radius 1 is 1.35 bits per heavy atom. The molecule has 2 aliphatic rings. The first-order chi connectivity index (χ1) is 9.75. The van der Waals surface area contributed by atoms with Crippen LogP contribution in [0.5, 0.6) is 0 Å². The molecule has 20 heavy (non-hydrogen) atoms. The van der Waals surface area contributed by atoms with Gasteiger partial charge in [-0.05, 0) is 12.1 Å². The summed E-state index contributed by atoms with van der Waals surface area (Å²) in [5.74, 6) is 2.56. The van der Waals surface area contributed by atoms with Gasteiger partial charge in [-0.25, -0.2) is 0 Å². The van der Waals surface area contributed by atoms with Crippen LogP contribution in [0.4, 0.5) is 0 Å². The summed E-state index contributed by atoms with van der Waals surface area (Å²) in [5, 5.41) is 2.83. The van der Waals surface area contributed by atoms with Crippen molar-refractivity contribution >= 4 is 35.2 Å². The van der Waals surface area contributed by atoms with Crippen LogP contribution < -0.4 is 5.32 Å². The number of hydrogen-bond donors (Lipinski definition) is 1. The molecule has 0 spiro atoms. The lowest BCUT2D eigenvalue weighted by Gasteiger charge is -2.19. The number of carbonyl (C=O) groups excluding carboxylic acids is 2. The molecule has 3 rings (SSSR count). The summed E-state index contributed by atoms with van der Waals surface area (Å²) < 4.78 is 0. The van der Waals surface area contributed by atoms with Crippen LogP contribution >= 0.6 is 23.5 Å². The van der Waals surface area contributed by atoms with E-state index in [4.69, 9.17) is 0 Å². The predicted molar refractivity (Wildman–Crippen MR) is 80.8 cm³/mol. The Hall–Kier alpha value is -1.05. The lowest BCUT2D eigenvalue weighted by Crippen LogP contribution is -2.46. The highest BCUT2D eigenvalue weighted by Gasteiger charge is 2.36. The van der Waals surface area contributed by atoms with E-state index in [9.17, 15) is 9.59 Å². The molecule has 2 atom stereocenters. The molecular weight excluding hydrogens is 294 g/mol. The Morgan fingerprint density at radius 2 is 2.15 bits per heavy atom. The maximum absolute atomic E-state index is 12.3. The van der Waals surface area contributed by atoms with Crippen LogP contribution in [0, 0.1) is 0 Å². The highest BCUT2D eigenvalue weighted by atomic mass is 32.2. The lowest BCUT2D eigenvalue weighted by molar-refractivity contribution is -0.131. The summed E-state index contributed by atoms with van der Waals surface area (Å²) in [5.41, 5.74) is 0.634. The lowest BCUT2D eigenvalue weighted by atomic mass is 10.1. The third-order valence-corrected chi connectivity index (χ3v) is 5.52. The van der Waals surface area contributed by atoms with Crippen molar-refractivity contribution in [3.05, 3.63) is 30.1 Å². The highest BCUT2D eigenvalue weighted by Crippen LogP contribution is 2.24. The Kier molecular flexibility index (Phi) is 4.28. The Labute approximate surface area is 125 Å². The molecule has 0 radical (unpaired) electrons. The van der Waals surface area contributed by atoms with Gasteiger partial charge in [-0.15, -0.1) is 23.5 Å². The maximum atomic E-state index is 12.3. The van der Waals surface area contributed by atoms with E-state index >= 15 is 0 Å². The number of carbonyl (C=O) groups is 2. The van der Waals surface area contributed by atoms with Crippen LogP contribution in [-0.4, -0.2) is 56.9 Å². The van der Waals surface area contributed by atoms with E-state index < -0.39 is 0 Å². The second kappa shape index (κ2) is 6.15. The number of rotatable bonds is 3. The van der Waals surface area contributed by atoms with Gasteiger partial charge >= 0.3 is 0 Å². The molecule has 1 amide bonds. The molecule has 7 heteroatoms. The topological polar surface area (TPSA) is 62.3 Å². The molecule has 0 aromatic carbocycles. The quantitative estimate of drug-likeness (QED) is 0.835. The Balaban J connectivity index is 1.62. The Bertz CT molecular complexity index is 506. The smallest absolute Gasteiger partial charge is 0.241 e. The fourth-order valence-electron chi connectivity index (χ4n) is 2.24. The van der Waals surface area contributed by atoms with Gasteiger partial charge in [-0.2, -0.15) is 0 Å². The summed E-state index contributed by atoms with van der Waals surface area (Å²) in [6, 6.07) is 3.17. The van der Waals surface area contributed by atoms with Crippen molar-refractivity contribution in [1.82, 2.24) is 15.2 Å². The second-order valence-electron chi connectivity index (χ2n) is 4.67. The van der Waals surface area contributed by atoms with Gasteiger partial charge in [0.15, 0.2) is 5.78 Å². The van der Waals surface area contributed by atoms with Crippen LogP contribution in [-0.2, 0) is 4.79 Å². The molecule has 1 N–H and O–H groups in total. The molecule has 3 heterocycles. The first-order valence-corrected chi connectivity index (χ1v) is 8.64. The number of aromatic nitrogens is 1. The number of thioether (sulfide) groups is 2. The van der Waals surface area contributed by atoms with E-state index in [1.807, 2.05) is 4.90 Å². The SMILES string of the molecule is O=C(c1ccncc1)C1NC(C(=O)N2CCSC2)CS1. The van der Waals surface area contributed by atoms with Gasteiger partial charge < -0.3 is 4.90 Å². The number of nitrogens with one attached hydrogen (secondary N) is 1. The minimum atomic E-state index is -0.332. The molecule has 106 valence electrons. The van der Waals surface area contributed by atoms with E-state index in [0.29, 0.717) is 11.3 Å². The van der Waals surface area contributed by atoms with Crippen LogP contribution in [0.3, 0.4) is 0 Å². The Morgan fingerprint density at radius 3 is 2.85 bits per heavy atom. The third-order valence-electron chi connectivity index (χ3n) is 3.35. The minimum absolute atomic E-state index is 0.0171. The predicted octanol–water partition coefficient (Wildman–Crippen LogP) is 0.828. The molecule has 0 saturated carbocycles. The summed E-state index contributed by atoms with van der Waals surface area (Å²) in [4.78, 5) is 30.3. The van der Waals surface area contributed by atoms with Crippen molar-refractivity contribution in [2.45, 2.75) is 11.4 Å². The highest BCUT2D eigenvalue weighted by molar-refractivity contribution is 8.01. The van der Waals surface area contributed by atoms with Gasteiger partial charge in [0.2, 0.25) is 5.91 Å². The molecule has 2 unspecified atom stereocenters.